The highest BCUT2D eigenvalue weighted by molar-refractivity contribution is 5.24. The monoisotopic (exact) mass is 248 g/mol. The molecule has 1 aliphatic carbocycles. The lowest BCUT2D eigenvalue weighted by Crippen LogP contribution is -2.20. The Bertz CT molecular complexity index is 373. The van der Waals surface area contributed by atoms with Crippen LogP contribution in [0.2, 0.25) is 0 Å². The largest absolute Gasteiger partial charge is 0.474 e. The molecule has 3 heteroatoms. The van der Waals surface area contributed by atoms with E-state index in [-0.39, 0.29) is 0 Å². The second-order valence-electron chi connectivity index (χ2n) is 5.11. The van der Waals surface area contributed by atoms with E-state index in [4.69, 9.17) is 4.74 Å². The Morgan fingerprint density at radius 3 is 2.78 bits per heavy atom. The van der Waals surface area contributed by atoms with Gasteiger partial charge in [0, 0.05) is 18.3 Å². The topological polar surface area (TPSA) is 34.2 Å². The molecule has 0 aliphatic heterocycles. The summed E-state index contributed by atoms with van der Waals surface area (Å²) in [6.07, 6.45) is 6.67. The Morgan fingerprint density at radius 2 is 2.06 bits per heavy atom. The molecule has 0 aromatic carbocycles. The molecule has 1 aliphatic rings. The van der Waals surface area contributed by atoms with E-state index in [9.17, 15) is 0 Å². The van der Waals surface area contributed by atoms with Gasteiger partial charge < -0.3 is 10.1 Å². The van der Waals surface area contributed by atoms with Crippen molar-refractivity contribution >= 4 is 0 Å². The number of nitrogens with one attached hydrogen (secondary N) is 1. The van der Waals surface area contributed by atoms with E-state index in [2.05, 4.69) is 29.4 Å². The van der Waals surface area contributed by atoms with Gasteiger partial charge in [-0.25, -0.2) is 4.98 Å². The van der Waals surface area contributed by atoms with Gasteiger partial charge in [0.05, 0.1) is 0 Å². The Kier molecular flexibility index (Phi) is 5.00. The molecule has 1 heterocycles. The summed E-state index contributed by atoms with van der Waals surface area (Å²) in [5, 5.41) is 3.34. The maximum absolute atomic E-state index is 6.02. The van der Waals surface area contributed by atoms with Crippen LogP contribution in [0, 0.1) is 6.92 Å². The highest BCUT2D eigenvalue weighted by atomic mass is 16.5. The van der Waals surface area contributed by atoms with Gasteiger partial charge in [0.25, 0.3) is 0 Å². The molecule has 0 saturated heterocycles. The van der Waals surface area contributed by atoms with Gasteiger partial charge in [-0.05, 0) is 50.8 Å². The first-order chi connectivity index (χ1) is 8.78. The zero-order valence-electron chi connectivity index (χ0n) is 11.5. The summed E-state index contributed by atoms with van der Waals surface area (Å²) in [5.41, 5.74) is 2.30. The van der Waals surface area contributed by atoms with Crippen molar-refractivity contribution in [3.63, 3.8) is 0 Å². The predicted octanol–water partition coefficient (Wildman–Crippen LogP) is 3.21. The van der Waals surface area contributed by atoms with Crippen LogP contribution in [-0.4, -0.2) is 17.6 Å². The van der Waals surface area contributed by atoms with Crippen molar-refractivity contribution in [3.05, 3.63) is 23.4 Å². The van der Waals surface area contributed by atoms with Crippen LogP contribution in [-0.2, 0) is 6.54 Å². The van der Waals surface area contributed by atoms with Gasteiger partial charge in [-0.1, -0.05) is 13.3 Å². The van der Waals surface area contributed by atoms with E-state index in [0.29, 0.717) is 6.10 Å². The summed E-state index contributed by atoms with van der Waals surface area (Å²) in [6, 6.07) is 4.20. The van der Waals surface area contributed by atoms with Gasteiger partial charge in [-0.3, -0.25) is 0 Å². The molecule has 0 bridgehead atoms. The summed E-state index contributed by atoms with van der Waals surface area (Å²) < 4.78 is 6.02. The van der Waals surface area contributed by atoms with Crippen molar-refractivity contribution in [2.45, 2.75) is 58.6 Å². The fourth-order valence-electron chi connectivity index (χ4n) is 2.49. The summed E-state index contributed by atoms with van der Waals surface area (Å²) >= 11 is 0. The minimum Gasteiger partial charge on any atom is -0.474 e. The minimum absolute atomic E-state index is 0.375. The van der Waals surface area contributed by atoms with E-state index in [1.54, 1.807) is 0 Å². The number of aromatic nitrogens is 1. The van der Waals surface area contributed by atoms with Gasteiger partial charge in [0.1, 0.15) is 6.10 Å². The van der Waals surface area contributed by atoms with Gasteiger partial charge in [0.15, 0.2) is 0 Å². The third-order valence-corrected chi connectivity index (χ3v) is 3.41. The zero-order valence-corrected chi connectivity index (χ0v) is 11.5. The second-order valence-corrected chi connectivity index (χ2v) is 5.11. The molecule has 0 spiro atoms. The van der Waals surface area contributed by atoms with Crippen LogP contribution >= 0.6 is 0 Å². The number of rotatable bonds is 5. The van der Waals surface area contributed by atoms with E-state index in [1.165, 1.54) is 37.7 Å². The quantitative estimate of drug-likeness (QED) is 0.869. The Labute approximate surface area is 110 Å². The van der Waals surface area contributed by atoms with Gasteiger partial charge >= 0.3 is 0 Å². The van der Waals surface area contributed by atoms with Gasteiger partial charge in [-0.2, -0.15) is 0 Å². The first kappa shape index (κ1) is 13.3. The summed E-state index contributed by atoms with van der Waals surface area (Å²) in [5.74, 6) is 0.801. The number of hydrogen-bond acceptors (Lipinski definition) is 3. The molecule has 100 valence electrons. The molecule has 3 nitrogen and oxygen atoms in total. The normalized spacial score (nSPS) is 16.8. The SMILES string of the molecule is CCNCc1cc(C)nc(OC2CCCCC2)c1. The fourth-order valence-corrected chi connectivity index (χ4v) is 2.49. The summed E-state index contributed by atoms with van der Waals surface area (Å²) in [4.78, 5) is 4.49. The van der Waals surface area contributed by atoms with Crippen molar-refractivity contribution < 1.29 is 4.74 Å². The van der Waals surface area contributed by atoms with Gasteiger partial charge in [-0.15, -0.1) is 0 Å². The number of ether oxygens (including phenoxy) is 1. The fraction of sp³-hybridized carbons (Fsp3) is 0.667. The molecule has 0 radical (unpaired) electrons. The molecule has 0 atom stereocenters. The van der Waals surface area contributed by atoms with Crippen LogP contribution in [0.15, 0.2) is 12.1 Å². The molecule has 1 fully saturated rings. The molecule has 2 rings (SSSR count). The Morgan fingerprint density at radius 1 is 1.28 bits per heavy atom. The molecule has 0 unspecified atom stereocenters. The van der Waals surface area contributed by atoms with Crippen molar-refractivity contribution in [2.24, 2.45) is 0 Å². The molecule has 1 saturated carbocycles. The second kappa shape index (κ2) is 6.74. The molecule has 1 N–H and O–H groups in total. The average Bonchev–Trinajstić information content (AvgIpc) is 2.37. The van der Waals surface area contributed by atoms with Crippen LogP contribution in [0.4, 0.5) is 0 Å². The Balaban J connectivity index is 1.99. The van der Waals surface area contributed by atoms with E-state index >= 15 is 0 Å². The molecule has 0 amide bonds. The molecule has 1 aromatic heterocycles. The van der Waals surface area contributed by atoms with Crippen LogP contribution in [0.5, 0.6) is 5.88 Å². The first-order valence-corrected chi connectivity index (χ1v) is 7.13. The van der Waals surface area contributed by atoms with Crippen molar-refractivity contribution in [3.8, 4) is 5.88 Å². The van der Waals surface area contributed by atoms with Crippen LogP contribution in [0.3, 0.4) is 0 Å². The number of nitrogens with zero attached hydrogens (tertiary/aromatic N) is 1. The number of hydrogen-bond donors (Lipinski definition) is 1. The number of aryl methyl sites for hydroxylation is 1. The van der Waals surface area contributed by atoms with E-state index < -0.39 is 0 Å². The third-order valence-electron chi connectivity index (χ3n) is 3.41. The number of pyridine rings is 1. The van der Waals surface area contributed by atoms with Crippen LogP contribution in [0.1, 0.15) is 50.3 Å². The Hall–Kier alpha value is -1.09. The first-order valence-electron chi connectivity index (χ1n) is 7.13. The predicted molar refractivity (Wildman–Crippen MR) is 73.9 cm³/mol. The van der Waals surface area contributed by atoms with Crippen LogP contribution < -0.4 is 10.1 Å². The maximum atomic E-state index is 6.02. The molecule has 18 heavy (non-hydrogen) atoms. The average molecular weight is 248 g/mol. The maximum Gasteiger partial charge on any atom is 0.214 e. The molecular formula is C15H24N2O. The summed E-state index contributed by atoms with van der Waals surface area (Å²) in [6.45, 7) is 6.03. The van der Waals surface area contributed by atoms with Crippen LogP contribution in [0.25, 0.3) is 0 Å². The molecular weight excluding hydrogens is 224 g/mol. The minimum atomic E-state index is 0.375. The zero-order chi connectivity index (χ0) is 12.8. The lowest BCUT2D eigenvalue weighted by molar-refractivity contribution is 0.148. The highest BCUT2D eigenvalue weighted by Gasteiger charge is 2.15. The van der Waals surface area contributed by atoms with E-state index in [0.717, 1.165) is 24.7 Å². The lowest BCUT2D eigenvalue weighted by Gasteiger charge is -2.22. The summed E-state index contributed by atoms with van der Waals surface area (Å²) in [7, 11) is 0. The molecule has 1 aromatic rings. The highest BCUT2D eigenvalue weighted by Crippen LogP contribution is 2.23. The smallest absolute Gasteiger partial charge is 0.214 e. The van der Waals surface area contributed by atoms with Crippen molar-refractivity contribution in [1.82, 2.24) is 10.3 Å². The van der Waals surface area contributed by atoms with Crippen molar-refractivity contribution in [2.75, 3.05) is 6.54 Å². The standard InChI is InChI=1S/C15H24N2O/c1-3-16-11-13-9-12(2)17-15(10-13)18-14-7-5-4-6-8-14/h9-10,14,16H,3-8,11H2,1-2H3. The third kappa shape index (κ3) is 3.98. The van der Waals surface area contributed by atoms with Crippen molar-refractivity contribution in [1.29, 1.82) is 0 Å². The van der Waals surface area contributed by atoms with E-state index in [1.807, 2.05) is 6.92 Å². The van der Waals surface area contributed by atoms with Gasteiger partial charge in [0.2, 0.25) is 5.88 Å². The lowest BCUT2D eigenvalue weighted by atomic mass is 9.98.